The minimum absolute atomic E-state index is 0.0208. The number of nitrogens with zero attached hydrogens (tertiary/aromatic N) is 2. The van der Waals surface area contributed by atoms with Gasteiger partial charge in [0.05, 0.1) is 20.1 Å². The monoisotopic (exact) mass is 395 g/mol. The molecule has 1 saturated heterocycles. The lowest BCUT2D eigenvalue weighted by atomic mass is 10.1. The molecule has 0 radical (unpaired) electrons. The molecule has 154 valence electrons. The highest BCUT2D eigenvalue weighted by atomic mass is 16.5. The summed E-state index contributed by atoms with van der Waals surface area (Å²) < 4.78 is 5.34. The predicted molar refractivity (Wildman–Crippen MR) is 114 cm³/mol. The van der Waals surface area contributed by atoms with Crippen LogP contribution in [0.4, 0.5) is 5.69 Å². The first-order chi connectivity index (χ1) is 14.0. The third kappa shape index (κ3) is 5.35. The smallest absolute Gasteiger partial charge is 0.238 e. The van der Waals surface area contributed by atoms with E-state index >= 15 is 0 Å². The number of carbonyl (C=O) groups is 2. The van der Waals surface area contributed by atoms with Gasteiger partial charge in [0.15, 0.2) is 0 Å². The maximum Gasteiger partial charge on any atom is 0.238 e. The van der Waals surface area contributed by atoms with E-state index in [1.807, 2.05) is 61.2 Å². The largest absolute Gasteiger partial charge is 0.496 e. The molecule has 0 aromatic heterocycles. The van der Waals surface area contributed by atoms with E-state index in [2.05, 4.69) is 10.2 Å². The Bertz CT molecular complexity index is 873. The van der Waals surface area contributed by atoms with Crippen LogP contribution in [-0.2, 0) is 16.0 Å². The van der Waals surface area contributed by atoms with Crippen molar-refractivity contribution in [1.29, 1.82) is 0 Å². The summed E-state index contributed by atoms with van der Waals surface area (Å²) in [5.41, 5.74) is 4.01. The number of amides is 2. The van der Waals surface area contributed by atoms with Crippen molar-refractivity contribution >= 4 is 17.5 Å². The molecule has 0 aliphatic carbocycles. The van der Waals surface area contributed by atoms with E-state index < -0.39 is 0 Å². The minimum atomic E-state index is -0.0208. The van der Waals surface area contributed by atoms with Crippen LogP contribution in [-0.4, -0.2) is 61.4 Å². The molecule has 3 rings (SSSR count). The number of benzene rings is 2. The van der Waals surface area contributed by atoms with Gasteiger partial charge in [-0.05, 0) is 37.1 Å². The highest BCUT2D eigenvalue weighted by Gasteiger charge is 2.23. The van der Waals surface area contributed by atoms with Gasteiger partial charge in [-0.25, -0.2) is 0 Å². The number of nitrogens with one attached hydrogen (secondary N) is 1. The molecule has 0 unspecified atom stereocenters. The van der Waals surface area contributed by atoms with Crippen molar-refractivity contribution in [2.75, 3.05) is 45.2 Å². The van der Waals surface area contributed by atoms with Gasteiger partial charge < -0.3 is 15.0 Å². The van der Waals surface area contributed by atoms with Gasteiger partial charge in [0.1, 0.15) is 5.75 Å². The predicted octanol–water partition coefficient (Wildman–Crippen LogP) is 2.64. The Kier molecular flexibility index (Phi) is 6.88. The summed E-state index contributed by atoms with van der Waals surface area (Å²) in [4.78, 5) is 29.0. The van der Waals surface area contributed by atoms with Crippen LogP contribution >= 0.6 is 0 Å². The van der Waals surface area contributed by atoms with E-state index in [1.165, 1.54) is 0 Å². The van der Waals surface area contributed by atoms with Crippen LogP contribution in [0.1, 0.15) is 16.7 Å². The summed E-state index contributed by atoms with van der Waals surface area (Å²) in [6.07, 6.45) is 0.330. The van der Waals surface area contributed by atoms with Gasteiger partial charge >= 0.3 is 0 Å². The Morgan fingerprint density at radius 3 is 2.45 bits per heavy atom. The van der Waals surface area contributed by atoms with Crippen molar-refractivity contribution in [3.8, 4) is 5.75 Å². The molecule has 0 atom stereocenters. The van der Waals surface area contributed by atoms with E-state index in [9.17, 15) is 9.59 Å². The number of carbonyl (C=O) groups excluding carboxylic acids is 2. The number of ether oxygens (including phenoxy) is 1. The summed E-state index contributed by atoms with van der Waals surface area (Å²) in [5.74, 6) is 0.809. The lowest BCUT2D eigenvalue weighted by Crippen LogP contribution is -2.50. The van der Waals surface area contributed by atoms with E-state index in [-0.39, 0.29) is 11.8 Å². The second kappa shape index (κ2) is 9.56. The first kappa shape index (κ1) is 20.9. The summed E-state index contributed by atoms with van der Waals surface area (Å²) >= 11 is 0. The Morgan fingerprint density at radius 2 is 1.72 bits per heavy atom. The van der Waals surface area contributed by atoms with Crippen molar-refractivity contribution in [2.45, 2.75) is 20.3 Å². The molecule has 2 amide bonds. The van der Waals surface area contributed by atoms with Gasteiger partial charge in [-0.2, -0.15) is 0 Å². The number of methoxy groups -OCH3 is 1. The molecular formula is C23H29N3O3. The molecule has 0 spiro atoms. The maximum absolute atomic E-state index is 12.6. The molecule has 1 aliphatic heterocycles. The normalized spacial score (nSPS) is 14.5. The molecule has 1 heterocycles. The Morgan fingerprint density at radius 1 is 1.00 bits per heavy atom. The summed E-state index contributed by atoms with van der Waals surface area (Å²) in [7, 11) is 1.62. The standard InChI is InChI=1S/C23H29N3O3/c1-17-7-6-9-20(18(17)2)24-22(27)16-25-11-13-26(14-12-25)23(28)15-19-8-4-5-10-21(19)29-3/h4-10H,11-16H2,1-3H3,(H,24,27). The van der Waals surface area contributed by atoms with Gasteiger partial charge in [0, 0.05) is 37.4 Å². The van der Waals surface area contributed by atoms with Crippen LogP contribution in [0.3, 0.4) is 0 Å². The summed E-state index contributed by atoms with van der Waals surface area (Å²) in [6, 6.07) is 13.5. The minimum Gasteiger partial charge on any atom is -0.496 e. The highest BCUT2D eigenvalue weighted by Crippen LogP contribution is 2.19. The molecule has 0 bridgehead atoms. The van der Waals surface area contributed by atoms with Crippen molar-refractivity contribution in [3.05, 3.63) is 59.2 Å². The quantitative estimate of drug-likeness (QED) is 0.817. The zero-order valence-corrected chi connectivity index (χ0v) is 17.4. The molecule has 2 aromatic carbocycles. The molecule has 29 heavy (non-hydrogen) atoms. The average Bonchev–Trinajstić information content (AvgIpc) is 2.72. The summed E-state index contributed by atoms with van der Waals surface area (Å²) in [6.45, 7) is 7.02. The van der Waals surface area contributed by atoms with Gasteiger partial charge in [-0.1, -0.05) is 30.3 Å². The second-order valence-electron chi connectivity index (χ2n) is 7.44. The Hall–Kier alpha value is -2.86. The number of aryl methyl sites for hydroxylation is 1. The summed E-state index contributed by atoms with van der Waals surface area (Å²) in [5, 5.41) is 3.00. The molecule has 1 aliphatic rings. The first-order valence-corrected chi connectivity index (χ1v) is 9.96. The third-order valence-electron chi connectivity index (χ3n) is 5.51. The van der Waals surface area contributed by atoms with Gasteiger partial charge in [0.25, 0.3) is 0 Å². The molecule has 2 aromatic rings. The molecule has 6 heteroatoms. The third-order valence-corrected chi connectivity index (χ3v) is 5.51. The Labute approximate surface area is 172 Å². The number of piperazine rings is 1. The number of para-hydroxylation sites is 1. The van der Waals surface area contributed by atoms with E-state index in [0.717, 1.165) is 28.1 Å². The van der Waals surface area contributed by atoms with Crippen LogP contribution in [0.2, 0.25) is 0 Å². The van der Waals surface area contributed by atoms with E-state index in [1.54, 1.807) is 7.11 Å². The van der Waals surface area contributed by atoms with Crippen LogP contribution in [0.15, 0.2) is 42.5 Å². The van der Waals surface area contributed by atoms with Crippen LogP contribution in [0.25, 0.3) is 0 Å². The van der Waals surface area contributed by atoms with Gasteiger partial charge in [0.2, 0.25) is 11.8 Å². The van der Waals surface area contributed by atoms with E-state index in [4.69, 9.17) is 4.74 Å². The number of rotatable bonds is 6. The van der Waals surface area contributed by atoms with E-state index in [0.29, 0.717) is 39.1 Å². The SMILES string of the molecule is COc1ccccc1CC(=O)N1CCN(CC(=O)Nc2cccc(C)c2C)CC1. The van der Waals surface area contributed by atoms with Crippen LogP contribution in [0, 0.1) is 13.8 Å². The molecule has 1 fully saturated rings. The van der Waals surface area contributed by atoms with Crippen LogP contribution in [0.5, 0.6) is 5.75 Å². The average molecular weight is 396 g/mol. The van der Waals surface area contributed by atoms with Crippen LogP contribution < -0.4 is 10.1 Å². The fourth-order valence-corrected chi connectivity index (χ4v) is 3.56. The second-order valence-corrected chi connectivity index (χ2v) is 7.44. The molecule has 1 N–H and O–H groups in total. The lowest BCUT2D eigenvalue weighted by molar-refractivity contribution is -0.132. The Balaban J connectivity index is 1.48. The molecule has 6 nitrogen and oxygen atoms in total. The topological polar surface area (TPSA) is 61.9 Å². The van der Waals surface area contributed by atoms with Crippen molar-refractivity contribution in [3.63, 3.8) is 0 Å². The van der Waals surface area contributed by atoms with Crippen molar-refractivity contribution in [2.24, 2.45) is 0 Å². The van der Waals surface area contributed by atoms with Crippen molar-refractivity contribution < 1.29 is 14.3 Å². The number of hydrogen-bond donors (Lipinski definition) is 1. The number of anilines is 1. The van der Waals surface area contributed by atoms with Crippen molar-refractivity contribution in [1.82, 2.24) is 9.80 Å². The highest BCUT2D eigenvalue weighted by molar-refractivity contribution is 5.93. The fourth-order valence-electron chi connectivity index (χ4n) is 3.56. The zero-order valence-electron chi connectivity index (χ0n) is 17.4. The first-order valence-electron chi connectivity index (χ1n) is 9.96. The lowest BCUT2D eigenvalue weighted by Gasteiger charge is -2.34. The van der Waals surface area contributed by atoms with Gasteiger partial charge in [-0.3, -0.25) is 14.5 Å². The fraction of sp³-hybridized carbons (Fsp3) is 0.391. The number of hydrogen-bond acceptors (Lipinski definition) is 4. The van der Waals surface area contributed by atoms with Gasteiger partial charge in [-0.15, -0.1) is 0 Å². The maximum atomic E-state index is 12.6. The molecular weight excluding hydrogens is 366 g/mol. The molecule has 0 saturated carbocycles. The zero-order chi connectivity index (χ0) is 20.8.